The molecule has 0 aromatic heterocycles. The van der Waals surface area contributed by atoms with Crippen LogP contribution in [0.1, 0.15) is 5.56 Å². The van der Waals surface area contributed by atoms with Crippen molar-refractivity contribution in [3.8, 4) is 17.2 Å². The Labute approximate surface area is 165 Å². The summed E-state index contributed by atoms with van der Waals surface area (Å²) in [5.41, 5.74) is 2.51. The van der Waals surface area contributed by atoms with Crippen LogP contribution >= 0.6 is 0 Å². The number of carbonyl (C=O) groups is 1. The van der Waals surface area contributed by atoms with Crippen LogP contribution in [0.15, 0.2) is 36.4 Å². The Kier molecular flexibility index (Phi) is 6.60. The van der Waals surface area contributed by atoms with Crippen molar-refractivity contribution in [3.05, 3.63) is 42.0 Å². The second kappa shape index (κ2) is 9.32. The van der Waals surface area contributed by atoms with Gasteiger partial charge in [-0.2, -0.15) is 0 Å². The number of ether oxygens (including phenoxy) is 4. The van der Waals surface area contributed by atoms with Crippen molar-refractivity contribution in [3.63, 3.8) is 0 Å². The summed E-state index contributed by atoms with van der Waals surface area (Å²) >= 11 is 0. The van der Waals surface area contributed by atoms with Gasteiger partial charge in [-0.25, -0.2) is 0 Å². The number of carbonyl (C=O) groups excluding carboxylic acids is 1. The number of benzene rings is 2. The summed E-state index contributed by atoms with van der Waals surface area (Å²) in [7, 11) is 4.75. The molecule has 28 heavy (non-hydrogen) atoms. The molecular weight excluding hydrogens is 360 g/mol. The Bertz CT molecular complexity index is 818. The molecule has 7 heteroatoms. The van der Waals surface area contributed by atoms with E-state index in [-0.39, 0.29) is 12.3 Å². The van der Waals surface area contributed by atoms with Crippen LogP contribution in [0.4, 0.5) is 11.4 Å². The Morgan fingerprint density at radius 1 is 0.964 bits per heavy atom. The lowest BCUT2D eigenvalue weighted by Gasteiger charge is -2.29. The summed E-state index contributed by atoms with van der Waals surface area (Å²) in [6, 6.07) is 11.3. The molecule has 0 atom stereocenters. The number of hydrogen-bond donors (Lipinski definition) is 1. The first-order valence-corrected chi connectivity index (χ1v) is 9.16. The van der Waals surface area contributed by atoms with Crippen molar-refractivity contribution < 1.29 is 23.7 Å². The SMILES string of the molecule is COc1ccc(N2CCOCC2)cc1NC(=O)Cc1ccc(OC)c(OC)c1. The van der Waals surface area contributed by atoms with E-state index >= 15 is 0 Å². The van der Waals surface area contributed by atoms with Gasteiger partial charge in [-0.1, -0.05) is 6.07 Å². The molecule has 0 aliphatic carbocycles. The maximum atomic E-state index is 12.6. The molecule has 150 valence electrons. The predicted octanol–water partition coefficient (Wildman–Crippen LogP) is 2.73. The molecule has 3 rings (SSSR count). The van der Waals surface area contributed by atoms with Crippen LogP contribution in [-0.2, 0) is 16.0 Å². The zero-order valence-corrected chi connectivity index (χ0v) is 16.5. The molecular formula is C21H26N2O5. The molecule has 7 nitrogen and oxygen atoms in total. The van der Waals surface area contributed by atoms with Crippen LogP contribution in [0.3, 0.4) is 0 Å². The molecule has 1 saturated heterocycles. The van der Waals surface area contributed by atoms with Crippen molar-refractivity contribution >= 4 is 17.3 Å². The van der Waals surface area contributed by atoms with Crippen LogP contribution < -0.4 is 24.4 Å². The van der Waals surface area contributed by atoms with Gasteiger partial charge in [0.2, 0.25) is 5.91 Å². The van der Waals surface area contributed by atoms with Crippen LogP contribution in [0, 0.1) is 0 Å². The molecule has 2 aromatic rings. The van der Waals surface area contributed by atoms with E-state index in [1.807, 2.05) is 24.3 Å². The molecule has 1 aliphatic heterocycles. The van der Waals surface area contributed by atoms with Gasteiger partial charge in [-0.3, -0.25) is 4.79 Å². The lowest BCUT2D eigenvalue weighted by Crippen LogP contribution is -2.36. The highest BCUT2D eigenvalue weighted by atomic mass is 16.5. The van der Waals surface area contributed by atoms with Gasteiger partial charge in [0.1, 0.15) is 5.75 Å². The van der Waals surface area contributed by atoms with Gasteiger partial charge in [0.15, 0.2) is 11.5 Å². The Balaban J connectivity index is 1.73. The van der Waals surface area contributed by atoms with E-state index in [0.717, 1.165) is 24.3 Å². The van der Waals surface area contributed by atoms with E-state index in [9.17, 15) is 4.79 Å². The Morgan fingerprint density at radius 3 is 2.32 bits per heavy atom. The summed E-state index contributed by atoms with van der Waals surface area (Å²) in [4.78, 5) is 14.8. The van der Waals surface area contributed by atoms with E-state index in [1.54, 1.807) is 33.5 Å². The molecule has 1 aliphatic rings. The van der Waals surface area contributed by atoms with Crippen LogP contribution in [0.2, 0.25) is 0 Å². The van der Waals surface area contributed by atoms with E-state index in [4.69, 9.17) is 18.9 Å². The summed E-state index contributed by atoms with van der Waals surface area (Å²) in [5, 5.41) is 2.96. The van der Waals surface area contributed by atoms with E-state index in [1.165, 1.54) is 0 Å². The summed E-state index contributed by atoms with van der Waals surface area (Å²) in [6.07, 6.45) is 0.214. The Morgan fingerprint density at radius 2 is 1.64 bits per heavy atom. The second-order valence-electron chi connectivity index (χ2n) is 6.40. The van der Waals surface area contributed by atoms with Gasteiger partial charge < -0.3 is 29.2 Å². The van der Waals surface area contributed by atoms with Crippen molar-refractivity contribution in [2.45, 2.75) is 6.42 Å². The normalized spacial score (nSPS) is 13.8. The molecule has 1 fully saturated rings. The lowest BCUT2D eigenvalue weighted by molar-refractivity contribution is -0.115. The number of rotatable bonds is 7. The Hall–Kier alpha value is -2.93. The third-order valence-corrected chi connectivity index (χ3v) is 4.65. The van der Waals surface area contributed by atoms with Gasteiger partial charge in [0.05, 0.1) is 46.7 Å². The van der Waals surface area contributed by atoms with Crippen LogP contribution in [0.5, 0.6) is 17.2 Å². The van der Waals surface area contributed by atoms with Crippen molar-refractivity contribution in [1.82, 2.24) is 0 Å². The van der Waals surface area contributed by atoms with Gasteiger partial charge in [0.25, 0.3) is 0 Å². The monoisotopic (exact) mass is 386 g/mol. The van der Waals surface area contributed by atoms with Crippen molar-refractivity contribution in [1.29, 1.82) is 0 Å². The minimum absolute atomic E-state index is 0.135. The first kappa shape index (κ1) is 19.8. The molecule has 1 N–H and O–H groups in total. The van der Waals surface area contributed by atoms with E-state index in [0.29, 0.717) is 36.1 Å². The topological polar surface area (TPSA) is 69.3 Å². The van der Waals surface area contributed by atoms with Crippen molar-refractivity contribution in [2.24, 2.45) is 0 Å². The second-order valence-corrected chi connectivity index (χ2v) is 6.40. The number of morpholine rings is 1. The average molecular weight is 386 g/mol. The highest BCUT2D eigenvalue weighted by molar-refractivity contribution is 5.94. The molecule has 0 saturated carbocycles. The number of methoxy groups -OCH3 is 3. The number of hydrogen-bond acceptors (Lipinski definition) is 6. The fraction of sp³-hybridized carbons (Fsp3) is 0.381. The molecule has 1 amide bonds. The fourth-order valence-electron chi connectivity index (χ4n) is 3.18. The van der Waals surface area contributed by atoms with E-state index < -0.39 is 0 Å². The first-order valence-electron chi connectivity index (χ1n) is 9.16. The molecule has 1 heterocycles. The fourth-order valence-corrected chi connectivity index (χ4v) is 3.18. The maximum absolute atomic E-state index is 12.6. The lowest BCUT2D eigenvalue weighted by atomic mass is 10.1. The minimum atomic E-state index is -0.135. The third kappa shape index (κ3) is 4.67. The smallest absolute Gasteiger partial charge is 0.228 e. The molecule has 0 bridgehead atoms. The zero-order chi connectivity index (χ0) is 19.9. The zero-order valence-electron chi connectivity index (χ0n) is 16.5. The molecule has 0 spiro atoms. The van der Waals surface area contributed by atoms with Gasteiger partial charge in [0, 0.05) is 18.8 Å². The van der Waals surface area contributed by atoms with Gasteiger partial charge >= 0.3 is 0 Å². The summed E-state index contributed by atoms with van der Waals surface area (Å²) in [6.45, 7) is 3.05. The summed E-state index contributed by atoms with van der Waals surface area (Å²) < 4.78 is 21.4. The van der Waals surface area contributed by atoms with E-state index in [2.05, 4.69) is 10.2 Å². The van der Waals surface area contributed by atoms with Crippen LogP contribution in [0.25, 0.3) is 0 Å². The maximum Gasteiger partial charge on any atom is 0.228 e. The highest BCUT2D eigenvalue weighted by Crippen LogP contribution is 2.31. The standard InChI is InChI=1S/C21H26N2O5/c1-25-18-7-5-16(23-8-10-28-11-9-23)14-17(18)22-21(24)13-15-4-6-19(26-2)20(12-15)27-3/h4-7,12,14H,8-11,13H2,1-3H3,(H,22,24). The predicted molar refractivity (Wildman–Crippen MR) is 108 cm³/mol. The minimum Gasteiger partial charge on any atom is -0.495 e. The van der Waals surface area contributed by atoms with Gasteiger partial charge in [-0.05, 0) is 35.9 Å². The van der Waals surface area contributed by atoms with Gasteiger partial charge in [-0.15, -0.1) is 0 Å². The van der Waals surface area contributed by atoms with Crippen molar-refractivity contribution in [2.75, 3.05) is 57.8 Å². The third-order valence-electron chi connectivity index (χ3n) is 4.65. The first-order chi connectivity index (χ1) is 13.6. The molecule has 2 aromatic carbocycles. The molecule has 0 radical (unpaired) electrons. The quantitative estimate of drug-likeness (QED) is 0.789. The highest BCUT2D eigenvalue weighted by Gasteiger charge is 2.15. The molecule has 0 unspecified atom stereocenters. The number of nitrogens with zero attached hydrogens (tertiary/aromatic N) is 1. The number of amides is 1. The summed E-state index contributed by atoms with van der Waals surface area (Å²) in [5.74, 6) is 1.72. The van der Waals surface area contributed by atoms with Crippen LogP contribution in [-0.4, -0.2) is 53.5 Å². The number of nitrogens with one attached hydrogen (secondary N) is 1. The largest absolute Gasteiger partial charge is 0.495 e. The average Bonchev–Trinajstić information content (AvgIpc) is 2.74. The number of anilines is 2.